The molecule has 3 amide bonds. The first-order valence-electron chi connectivity index (χ1n) is 14.8. The molecule has 44 heavy (non-hydrogen) atoms. The number of nitrogens with zero attached hydrogens (tertiary/aromatic N) is 2. The van der Waals surface area contributed by atoms with Crippen molar-refractivity contribution in [1.29, 1.82) is 0 Å². The Labute approximate surface area is 260 Å². The van der Waals surface area contributed by atoms with Crippen molar-refractivity contribution in [2.24, 2.45) is 0 Å². The zero-order chi connectivity index (χ0) is 31.1. The molecule has 228 valence electrons. The van der Waals surface area contributed by atoms with E-state index in [0.29, 0.717) is 24.2 Å². The van der Waals surface area contributed by atoms with Gasteiger partial charge < -0.3 is 16.4 Å². The number of aromatic nitrogens is 1. The van der Waals surface area contributed by atoms with Crippen LogP contribution in [0.25, 0.3) is 0 Å². The molecule has 1 saturated carbocycles. The number of nitrogens with two attached hydrogens (primary N) is 1. The predicted molar refractivity (Wildman–Crippen MR) is 171 cm³/mol. The monoisotopic (exact) mass is 613 g/mol. The molecule has 0 aliphatic heterocycles. The van der Waals surface area contributed by atoms with E-state index in [4.69, 9.17) is 5.73 Å². The van der Waals surface area contributed by atoms with Gasteiger partial charge in [-0.05, 0) is 78.7 Å². The molecular weight excluding hydrogens is 577 g/mol. The number of carbonyl (C=O) groups is 3. The van der Waals surface area contributed by atoms with Gasteiger partial charge in [0.1, 0.15) is 16.7 Å². The highest BCUT2D eigenvalue weighted by atomic mass is 32.1. The van der Waals surface area contributed by atoms with Crippen molar-refractivity contribution >= 4 is 40.6 Å². The highest BCUT2D eigenvalue weighted by Gasteiger charge is 2.36. The third-order valence-corrected chi connectivity index (χ3v) is 8.68. The van der Waals surface area contributed by atoms with Gasteiger partial charge in [0, 0.05) is 18.3 Å². The van der Waals surface area contributed by atoms with E-state index in [1.54, 1.807) is 18.2 Å². The molecule has 5 rings (SSSR count). The average molecular weight is 614 g/mol. The van der Waals surface area contributed by atoms with Crippen molar-refractivity contribution in [2.45, 2.75) is 57.5 Å². The number of aryl methyl sites for hydroxylation is 1. The average Bonchev–Trinajstić information content (AvgIpc) is 3.42. The SMILES string of the molecule is Cc1cccc(N(C(=O)c2snc(C(=O)NC3CCCCC3)c2N)[C@@H](C(=O)NCCc2ccccc2)c2ccc(F)cc2)c1. The summed E-state index contributed by atoms with van der Waals surface area (Å²) in [5.41, 5.74) is 9.17. The van der Waals surface area contributed by atoms with Crippen LogP contribution in [0.4, 0.5) is 15.8 Å². The molecule has 1 aliphatic carbocycles. The van der Waals surface area contributed by atoms with Crippen LogP contribution < -0.4 is 21.3 Å². The van der Waals surface area contributed by atoms with Crippen LogP contribution in [-0.4, -0.2) is 34.7 Å². The number of halogens is 1. The Balaban J connectivity index is 1.49. The number of hydrogen-bond donors (Lipinski definition) is 3. The number of nitrogen functional groups attached to an aromatic ring is 1. The first-order chi connectivity index (χ1) is 21.3. The van der Waals surface area contributed by atoms with Gasteiger partial charge in [0.05, 0.1) is 5.69 Å². The summed E-state index contributed by atoms with van der Waals surface area (Å²) in [4.78, 5) is 42.9. The van der Waals surface area contributed by atoms with E-state index in [1.807, 2.05) is 43.3 Å². The first-order valence-corrected chi connectivity index (χ1v) is 15.6. The second-order valence-electron chi connectivity index (χ2n) is 11.1. The van der Waals surface area contributed by atoms with E-state index < -0.39 is 29.6 Å². The summed E-state index contributed by atoms with van der Waals surface area (Å²) in [6.07, 6.45) is 5.61. The molecule has 4 aromatic rings. The molecular formula is C34H36FN5O3S. The second kappa shape index (κ2) is 14.3. The van der Waals surface area contributed by atoms with Gasteiger partial charge in [-0.15, -0.1) is 0 Å². The number of anilines is 2. The van der Waals surface area contributed by atoms with E-state index in [-0.39, 0.29) is 22.3 Å². The molecule has 0 spiro atoms. The zero-order valence-corrected chi connectivity index (χ0v) is 25.4. The zero-order valence-electron chi connectivity index (χ0n) is 24.6. The van der Waals surface area contributed by atoms with Crippen LogP contribution in [0, 0.1) is 12.7 Å². The maximum atomic E-state index is 14.4. The molecule has 0 radical (unpaired) electrons. The lowest BCUT2D eigenvalue weighted by molar-refractivity contribution is -0.122. The van der Waals surface area contributed by atoms with E-state index in [1.165, 1.54) is 29.2 Å². The Morgan fingerprint density at radius 1 is 1.00 bits per heavy atom. The summed E-state index contributed by atoms with van der Waals surface area (Å²) in [5, 5.41) is 5.97. The molecule has 1 aromatic heterocycles. The molecule has 1 aliphatic rings. The Bertz CT molecular complexity index is 1600. The fourth-order valence-electron chi connectivity index (χ4n) is 5.52. The van der Waals surface area contributed by atoms with Gasteiger partial charge in [-0.2, -0.15) is 4.37 Å². The van der Waals surface area contributed by atoms with Crippen molar-refractivity contribution < 1.29 is 18.8 Å². The maximum absolute atomic E-state index is 14.4. The first kappa shape index (κ1) is 30.9. The van der Waals surface area contributed by atoms with Gasteiger partial charge in [0.25, 0.3) is 11.8 Å². The smallest absolute Gasteiger partial charge is 0.273 e. The number of amides is 3. The summed E-state index contributed by atoms with van der Waals surface area (Å²) in [6, 6.07) is 21.3. The number of nitrogens with one attached hydrogen (secondary N) is 2. The van der Waals surface area contributed by atoms with Crippen LogP contribution in [0.3, 0.4) is 0 Å². The minimum absolute atomic E-state index is 0.00115. The normalized spacial score (nSPS) is 14.0. The van der Waals surface area contributed by atoms with E-state index in [2.05, 4.69) is 15.0 Å². The molecule has 4 N–H and O–H groups in total. The van der Waals surface area contributed by atoms with Crippen LogP contribution in [0.1, 0.15) is 75.0 Å². The summed E-state index contributed by atoms with van der Waals surface area (Å²) >= 11 is 0.825. The lowest BCUT2D eigenvalue weighted by Crippen LogP contribution is -2.44. The Morgan fingerprint density at radius 3 is 2.43 bits per heavy atom. The summed E-state index contributed by atoms with van der Waals surface area (Å²) in [7, 11) is 0. The molecule has 1 atom stereocenters. The second-order valence-corrected chi connectivity index (χ2v) is 11.9. The van der Waals surface area contributed by atoms with Gasteiger partial charge >= 0.3 is 0 Å². The molecule has 0 bridgehead atoms. The largest absolute Gasteiger partial charge is 0.395 e. The molecule has 3 aromatic carbocycles. The van der Waals surface area contributed by atoms with Crippen molar-refractivity contribution in [3.8, 4) is 0 Å². The number of carbonyl (C=O) groups excluding carboxylic acids is 3. The van der Waals surface area contributed by atoms with Crippen LogP contribution in [0.15, 0.2) is 78.9 Å². The lowest BCUT2D eigenvalue weighted by atomic mass is 9.95. The minimum Gasteiger partial charge on any atom is -0.395 e. The third-order valence-electron chi connectivity index (χ3n) is 7.82. The molecule has 0 saturated heterocycles. The molecule has 1 fully saturated rings. The summed E-state index contributed by atoms with van der Waals surface area (Å²) in [5.74, 6) is -1.91. The van der Waals surface area contributed by atoms with Crippen LogP contribution >= 0.6 is 11.5 Å². The summed E-state index contributed by atoms with van der Waals surface area (Å²) in [6.45, 7) is 2.21. The summed E-state index contributed by atoms with van der Waals surface area (Å²) < 4.78 is 18.3. The third kappa shape index (κ3) is 7.31. The highest BCUT2D eigenvalue weighted by molar-refractivity contribution is 7.09. The van der Waals surface area contributed by atoms with Crippen LogP contribution in [-0.2, 0) is 11.2 Å². The highest BCUT2D eigenvalue weighted by Crippen LogP contribution is 2.34. The molecule has 10 heteroatoms. The number of rotatable bonds is 10. The number of benzene rings is 3. The Morgan fingerprint density at radius 2 is 1.73 bits per heavy atom. The van der Waals surface area contributed by atoms with E-state index in [9.17, 15) is 18.8 Å². The quantitative estimate of drug-likeness (QED) is 0.203. The van der Waals surface area contributed by atoms with Gasteiger partial charge in [-0.3, -0.25) is 19.3 Å². The Hall–Kier alpha value is -4.57. The fraction of sp³-hybridized carbons (Fsp3) is 0.294. The van der Waals surface area contributed by atoms with Crippen LogP contribution in [0.2, 0.25) is 0 Å². The van der Waals surface area contributed by atoms with Gasteiger partial charge in [0.2, 0.25) is 5.91 Å². The van der Waals surface area contributed by atoms with Gasteiger partial charge in [0.15, 0.2) is 5.69 Å². The number of hydrogen-bond acceptors (Lipinski definition) is 6. The molecule has 8 nitrogen and oxygen atoms in total. The van der Waals surface area contributed by atoms with Crippen molar-refractivity contribution in [3.05, 3.63) is 112 Å². The van der Waals surface area contributed by atoms with Crippen molar-refractivity contribution in [3.63, 3.8) is 0 Å². The molecule has 1 heterocycles. The lowest BCUT2D eigenvalue weighted by Gasteiger charge is -2.31. The maximum Gasteiger partial charge on any atom is 0.273 e. The van der Waals surface area contributed by atoms with Crippen LogP contribution in [0.5, 0.6) is 0 Å². The predicted octanol–water partition coefficient (Wildman–Crippen LogP) is 5.98. The van der Waals surface area contributed by atoms with Crippen molar-refractivity contribution in [1.82, 2.24) is 15.0 Å². The topological polar surface area (TPSA) is 117 Å². The standard InChI is InChI=1S/C34H36FN5O3S/c1-22-9-8-14-27(21-22)40(34(43)31-28(36)29(39-44-31)32(41)38-26-12-6-3-7-13-26)30(24-15-17-25(35)18-16-24)33(42)37-20-19-23-10-4-2-5-11-23/h2,4-5,8-11,14-18,21,26,30H,3,6-7,12-13,19-20,36H2,1H3,(H,37,42)(H,38,41)/t30-/m1/s1. The van der Waals surface area contributed by atoms with Crippen molar-refractivity contribution in [2.75, 3.05) is 17.2 Å². The minimum atomic E-state index is -1.17. The van der Waals surface area contributed by atoms with Gasteiger partial charge in [-0.1, -0.05) is 73.9 Å². The molecule has 0 unspecified atom stereocenters. The van der Waals surface area contributed by atoms with E-state index in [0.717, 1.165) is 54.8 Å². The van der Waals surface area contributed by atoms with Gasteiger partial charge in [-0.25, -0.2) is 4.39 Å². The Kier molecular flexibility index (Phi) is 10.0. The fourth-order valence-corrected chi connectivity index (χ4v) is 6.26. The van der Waals surface area contributed by atoms with E-state index >= 15 is 0 Å².